The zero-order chi connectivity index (χ0) is 20.5. The molecule has 0 bridgehead atoms. The molecule has 2 amide bonds. The van der Waals surface area contributed by atoms with Crippen molar-refractivity contribution in [2.75, 3.05) is 25.6 Å². The summed E-state index contributed by atoms with van der Waals surface area (Å²) >= 11 is 0. The number of carbonyl (C=O) groups excluding carboxylic acids is 2. The van der Waals surface area contributed by atoms with Gasteiger partial charge >= 0.3 is 0 Å². The Kier molecular flexibility index (Phi) is 7.01. The summed E-state index contributed by atoms with van der Waals surface area (Å²) in [5.41, 5.74) is 2.41. The van der Waals surface area contributed by atoms with Gasteiger partial charge in [-0.1, -0.05) is 30.3 Å². The van der Waals surface area contributed by atoms with Crippen LogP contribution in [0.15, 0.2) is 54.6 Å². The Hall–Kier alpha value is -3.59. The lowest BCUT2D eigenvalue weighted by molar-refractivity contribution is -0.116. The molecule has 0 aliphatic carbocycles. The molecule has 0 radical (unpaired) electrons. The summed E-state index contributed by atoms with van der Waals surface area (Å²) in [5.74, 6) is -0.509. The van der Waals surface area contributed by atoms with Crippen molar-refractivity contribution in [2.45, 2.75) is 12.8 Å². The third-order valence-electron chi connectivity index (χ3n) is 4.07. The van der Waals surface area contributed by atoms with E-state index in [9.17, 15) is 9.59 Å². The molecule has 2 aromatic carbocycles. The number of nitrogens with zero attached hydrogens (tertiary/aromatic N) is 4. The highest BCUT2D eigenvalue weighted by Gasteiger charge is 2.13. The average Bonchev–Trinajstić information content (AvgIpc) is 3.24. The summed E-state index contributed by atoms with van der Waals surface area (Å²) in [6.45, 7) is 0.765. The van der Waals surface area contributed by atoms with Crippen LogP contribution in [0.4, 0.5) is 5.69 Å². The molecule has 0 atom stereocenters. The number of aryl methyl sites for hydroxylation is 1. The van der Waals surface area contributed by atoms with E-state index in [1.54, 1.807) is 31.4 Å². The molecule has 0 saturated carbocycles. The molecule has 0 saturated heterocycles. The van der Waals surface area contributed by atoms with Gasteiger partial charge in [0.25, 0.3) is 11.7 Å². The number of tetrazole rings is 1. The molecule has 150 valence electrons. The first-order valence-electron chi connectivity index (χ1n) is 9.17. The van der Waals surface area contributed by atoms with Crippen molar-refractivity contribution in [1.82, 2.24) is 25.5 Å². The zero-order valence-electron chi connectivity index (χ0n) is 16.0. The Labute approximate surface area is 168 Å². The summed E-state index contributed by atoms with van der Waals surface area (Å²) in [7, 11) is 1.55. The van der Waals surface area contributed by atoms with Crippen LogP contribution in [-0.4, -0.2) is 52.3 Å². The van der Waals surface area contributed by atoms with Crippen LogP contribution < -0.4 is 10.6 Å². The second-order valence-corrected chi connectivity index (χ2v) is 6.23. The molecule has 0 aliphatic heterocycles. The summed E-state index contributed by atoms with van der Waals surface area (Å²) in [6, 6.07) is 16.8. The van der Waals surface area contributed by atoms with Crippen molar-refractivity contribution < 1.29 is 14.3 Å². The van der Waals surface area contributed by atoms with Gasteiger partial charge in [-0.15, -0.1) is 15.0 Å². The van der Waals surface area contributed by atoms with Crippen LogP contribution in [-0.2, 0) is 16.0 Å². The predicted octanol–water partition coefficient (Wildman–Crippen LogP) is 1.61. The van der Waals surface area contributed by atoms with E-state index >= 15 is 0 Å². The second kappa shape index (κ2) is 10.1. The molecule has 2 N–H and O–H groups in total. The van der Waals surface area contributed by atoms with Gasteiger partial charge in [0.2, 0.25) is 5.91 Å². The van der Waals surface area contributed by atoms with Crippen molar-refractivity contribution in [1.29, 1.82) is 0 Å². The fraction of sp³-hybridized carbons (Fsp3) is 0.250. The van der Waals surface area contributed by atoms with E-state index in [4.69, 9.17) is 4.74 Å². The van der Waals surface area contributed by atoms with Crippen molar-refractivity contribution >= 4 is 17.5 Å². The molecule has 0 aliphatic rings. The Morgan fingerprint density at radius 3 is 2.55 bits per heavy atom. The minimum Gasteiger partial charge on any atom is -0.383 e. The molecule has 0 unspecified atom stereocenters. The smallest absolute Gasteiger partial charge is 0.292 e. The average molecular weight is 394 g/mol. The van der Waals surface area contributed by atoms with Gasteiger partial charge in [0, 0.05) is 25.8 Å². The minimum atomic E-state index is -0.421. The molecule has 9 nitrogen and oxygen atoms in total. The summed E-state index contributed by atoms with van der Waals surface area (Å²) < 4.78 is 4.87. The molecule has 0 spiro atoms. The lowest BCUT2D eigenvalue weighted by atomic mass is 10.1. The molecule has 0 fully saturated rings. The second-order valence-electron chi connectivity index (χ2n) is 6.23. The Balaban J connectivity index is 1.53. The predicted molar refractivity (Wildman–Crippen MR) is 107 cm³/mol. The van der Waals surface area contributed by atoms with Crippen LogP contribution in [0.1, 0.15) is 22.6 Å². The molecule has 9 heteroatoms. The van der Waals surface area contributed by atoms with E-state index in [-0.39, 0.29) is 11.7 Å². The highest BCUT2D eigenvalue weighted by Crippen LogP contribution is 2.13. The van der Waals surface area contributed by atoms with E-state index in [2.05, 4.69) is 26.0 Å². The number of ether oxygens (including phenoxy) is 1. The Morgan fingerprint density at radius 1 is 1.07 bits per heavy atom. The zero-order valence-corrected chi connectivity index (χ0v) is 16.0. The third kappa shape index (κ3) is 5.94. The van der Waals surface area contributed by atoms with E-state index < -0.39 is 5.91 Å². The van der Waals surface area contributed by atoms with Gasteiger partial charge in [-0.05, 0) is 41.5 Å². The van der Waals surface area contributed by atoms with Gasteiger partial charge in [-0.25, -0.2) is 0 Å². The number of methoxy groups -OCH3 is 1. The quantitative estimate of drug-likeness (QED) is 0.534. The van der Waals surface area contributed by atoms with Gasteiger partial charge in [0.15, 0.2) is 0 Å². The third-order valence-corrected chi connectivity index (χ3v) is 4.07. The lowest BCUT2D eigenvalue weighted by Crippen LogP contribution is -2.28. The van der Waals surface area contributed by atoms with Crippen LogP contribution >= 0.6 is 0 Å². The summed E-state index contributed by atoms with van der Waals surface area (Å²) in [4.78, 5) is 25.3. The normalized spacial score (nSPS) is 10.5. The van der Waals surface area contributed by atoms with Crippen molar-refractivity contribution in [2.24, 2.45) is 0 Å². The standard InChI is InChI=1S/C20H22N6O3/c1-29-14-13-21-20(28)19-23-25-26(24-19)17-10-8-16(9-11-17)22-18(27)12-7-15-5-3-2-4-6-15/h2-6,8-11H,7,12-14H2,1H3,(H,21,28)(H,22,27). The van der Waals surface area contributed by atoms with Gasteiger partial charge < -0.3 is 15.4 Å². The fourth-order valence-corrected chi connectivity index (χ4v) is 2.56. The van der Waals surface area contributed by atoms with E-state index in [1.165, 1.54) is 4.80 Å². The number of hydrogen-bond acceptors (Lipinski definition) is 6. The molecule has 3 rings (SSSR count). The highest BCUT2D eigenvalue weighted by atomic mass is 16.5. The highest BCUT2D eigenvalue weighted by molar-refractivity contribution is 5.91. The molecule has 1 heterocycles. The van der Waals surface area contributed by atoms with Crippen LogP contribution in [0.5, 0.6) is 0 Å². The number of hydrogen-bond donors (Lipinski definition) is 2. The number of anilines is 1. The van der Waals surface area contributed by atoms with E-state index in [0.717, 1.165) is 5.56 Å². The van der Waals surface area contributed by atoms with Gasteiger partial charge in [0.1, 0.15) is 0 Å². The number of aromatic nitrogens is 4. The molecular formula is C20H22N6O3. The van der Waals surface area contributed by atoms with Crippen LogP contribution in [0.25, 0.3) is 5.69 Å². The number of carbonyl (C=O) groups is 2. The van der Waals surface area contributed by atoms with Crippen LogP contribution in [0, 0.1) is 0 Å². The monoisotopic (exact) mass is 394 g/mol. The van der Waals surface area contributed by atoms with E-state index in [1.807, 2.05) is 30.3 Å². The van der Waals surface area contributed by atoms with Crippen LogP contribution in [0.2, 0.25) is 0 Å². The molecule has 29 heavy (non-hydrogen) atoms. The van der Waals surface area contributed by atoms with Gasteiger partial charge in [-0.2, -0.15) is 0 Å². The number of amides is 2. The maximum atomic E-state index is 12.1. The number of rotatable bonds is 9. The minimum absolute atomic E-state index is 0.0283. The molecule has 1 aromatic heterocycles. The molecular weight excluding hydrogens is 372 g/mol. The van der Waals surface area contributed by atoms with Crippen molar-refractivity contribution in [3.8, 4) is 5.69 Å². The maximum absolute atomic E-state index is 12.1. The van der Waals surface area contributed by atoms with Gasteiger partial charge in [-0.3, -0.25) is 9.59 Å². The van der Waals surface area contributed by atoms with Crippen molar-refractivity contribution in [3.05, 3.63) is 66.0 Å². The first-order valence-corrected chi connectivity index (χ1v) is 9.17. The number of nitrogens with one attached hydrogen (secondary N) is 2. The molecule has 3 aromatic rings. The first kappa shape index (κ1) is 20.2. The summed E-state index contributed by atoms with van der Waals surface area (Å²) in [5, 5.41) is 17.2. The SMILES string of the molecule is COCCNC(=O)c1nnn(-c2ccc(NC(=O)CCc3ccccc3)cc2)n1. The van der Waals surface area contributed by atoms with Gasteiger partial charge in [0.05, 0.1) is 12.3 Å². The maximum Gasteiger partial charge on any atom is 0.292 e. The van der Waals surface area contributed by atoms with E-state index in [0.29, 0.717) is 37.4 Å². The first-order chi connectivity index (χ1) is 14.2. The van der Waals surface area contributed by atoms with Crippen molar-refractivity contribution in [3.63, 3.8) is 0 Å². The lowest BCUT2D eigenvalue weighted by Gasteiger charge is -2.06. The Morgan fingerprint density at radius 2 is 1.83 bits per heavy atom. The number of benzene rings is 2. The topological polar surface area (TPSA) is 111 Å². The Bertz CT molecular complexity index is 940. The summed E-state index contributed by atoms with van der Waals surface area (Å²) in [6.07, 6.45) is 1.08. The fourth-order valence-electron chi connectivity index (χ4n) is 2.56. The largest absolute Gasteiger partial charge is 0.383 e. The van der Waals surface area contributed by atoms with Crippen LogP contribution in [0.3, 0.4) is 0 Å².